The molecule has 1 aliphatic rings. The van der Waals surface area contributed by atoms with Crippen LogP contribution in [0.1, 0.15) is 24.0 Å². The molecule has 4 nitrogen and oxygen atoms in total. The molecule has 1 aliphatic carbocycles. The van der Waals surface area contributed by atoms with Crippen LogP contribution in [0.5, 0.6) is 0 Å². The maximum absolute atomic E-state index is 14.1. The monoisotopic (exact) mass is 286 g/mol. The van der Waals surface area contributed by atoms with E-state index in [0.29, 0.717) is 0 Å². The summed E-state index contributed by atoms with van der Waals surface area (Å²) in [4.78, 5) is 11.6. The van der Waals surface area contributed by atoms with Crippen molar-refractivity contribution in [3.05, 3.63) is 34.9 Å². The van der Waals surface area contributed by atoms with Crippen LogP contribution in [-0.2, 0) is 19.7 Å². The first-order valence-corrected chi connectivity index (χ1v) is 6.10. The molecule has 1 aromatic rings. The number of aryl methyl sites for hydroxylation is 1. The molecule has 0 aliphatic heterocycles. The van der Waals surface area contributed by atoms with Gasteiger partial charge in [-0.2, -0.15) is 0 Å². The SMILES string of the molecule is COC1(OC)CC(C(=O)O)(c2cc(F)c(C)cc2F)C1. The largest absolute Gasteiger partial charge is 0.481 e. The second-order valence-electron chi connectivity index (χ2n) is 5.14. The third-order valence-corrected chi connectivity index (χ3v) is 4.06. The standard InChI is InChI=1S/C14H16F2O4/c1-8-4-11(16)9(5-10(8)15)13(12(17)18)6-14(7-13,19-2)20-3/h4-5H,6-7H2,1-3H3,(H,17,18). The van der Waals surface area contributed by atoms with E-state index in [1.54, 1.807) is 0 Å². The summed E-state index contributed by atoms with van der Waals surface area (Å²) in [6, 6.07) is 1.96. The summed E-state index contributed by atoms with van der Waals surface area (Å²) < 4.78 is 38.0. The van der Waals surface area contributed by atoms with Gasteiger partial charge in [0.2, 0.25) is 0 Å². The lowest BCUT2D eigenvalue weighted by Crippen LogP contribution is -2.61. The van der Waals surface area contributed by atoms with E-state index in [4.69, 9.17) is 9.47 Å². The third kappa shape index (κ3) is 1.99. The van der Waals surface area contributed by atoms with Crippen LogP contribution in [0, 0.1) is 18.6 Å². The van der Waals surface area contributed by atoms with Crippen molar-refractivity contribution < 1.29 is 28.2 Å². The molecule has 110 valence electrons. The lowest BCUT2D eigenvalue weighted by Gasteiger charge is -2.51. The molecule has 0 spiro atoms. The van der Waals surface area contributed by atoms with Crippen LogP contribution in [0.4, 0.5) is 8.78 Å². The highest BCUT2D eigenvalue weighted by atomic mass is 19.1. The molecule has 1 fully saturated rings. The van der Waals surface area contributed by atoms with Crippen molar-refractivity contribution >= 4 is 5.97 Å². The van der Waals surface area contributed by atoms with Crippen molar-refractivity contribution in [3.63, 3.8) is 0 Å². The summed E-state index contributed by atoms with van der Waals surface area (Å²) in [5, 5.41) is 9.44. The molecular formula is C14H16F2O4. The molecule has 1 N–H and O–H groups in total. The number of hydrogen-bond donors (Lipinski definition) is 1. The first-order valence-electron chi connectivity index (χ1n) is 6.10. The van der Waals surface area contributed by atoms with Crippen LogP contribution in [0.3, 0.4) is 0 Å². The Kier molecular flexibility index (Phi) is 3.56. The maximum Gasteiger partial charge on any atom is 0.314 e. The molecular weight excluding hydrogens is 270 g/mol. The number of hydrogen-bond acceptors (Lipinski definition) is 3. The smallest absolute Gasteiger partial charge is 0.314 e. The molecule has 20 heavy (non-hydrogen) atoms. The van der Waals surface area contributed by atoms with E-state index in [9.17, 15) is 18.7 Å². The van der Waals surface area contributed by atoms with Crippen LogP contribution in [0.15, 0.2) is 12.1 Å². The summed E-state index contributed by atoms with van der Waals surface area (Å²) in [7, 11) is 2.78. The number of carboxylic acid groups (broad SMARTS) is 1. The Morgan fingerprint density at radius 2 is 1.75 bits per heavy atom. The van der Waals surface area contributed by atoms with Gasteiger partial charge < -0.3 is 14.6 Å². The number of ether oxygens (including phenoxy) is 2. The Morgan fingerprint density at radius 1 is 1.20 bits per heavy atom. The van der Waals surface area contributed by atoms with Gasteiger partial charge in [-0.15, -0.1) is 0 Å². The summed E-state index contributed by atoms with van der Waals surface area (Å²) in [6.45, 7) is 1.42. The van der Waals surface area contributed by atoms with Crippen LogP contribution in [0.2, 0.25) is 0 Å². The lowest BCUT2D eigenvalue weighted by molar-refractivity contribution is -0.278. The molecule has 0 radical (unpaired) electrons. The van der Waals surface area contributed by atoms with Gasteiger partial charge in [0.25, 0.3) is 0 Å². The third-order valence-electron chi connectivity index (χ3n) is 4.06. The number of carbonyl (C=O) groups is 1. The fourth-order valence-corrected chi connectivity index (χ4v) is 2.71. The van der Waals surface area contributed by atoms with Gasteiger partial charge in [-0.25, -0.2) is 8.78 Å². The summed E-state index contributed by atoms with van der Waals surface area (Å²) in [6.07, 6.45) is -0.135. The van der Waals surface area contributed by atoms with Crippen molar-refractivity contribution in [2.75, 3.05) is 14.2 Å². The van der Waals surface area contributed by atoms with Crippen molar-refractivity contribution in [2.24, 2.45) is 0 Å². The molecule has 0 aromatic heterocycles. The number of methoxy groups -OCH3 is 2. The van der Waals surface area contributed by atoms with E-state index in [2.05, 4.69) is 0 Å². The second-order valence-corrected chi connectivity index (χ2v) is 5.14. The molecule has 0 saturated heterocycles. The molecule has 0 atom stereocenters. The predicted molar refractivity (Wildman–Crippen MR) is 66.4 cm³/mol. The number of rotatable bonds is 4. The summed E-state index contributed by atoms with van der Waals surface area (Å²) in [5.41, 5.74) is -1.56. The fourth-order valence-electron chi connectivity index (χ4n) is 2.71. The molecule has 2 rings (SSSR count). The first kappa shape index (κ1) is 14.9. The van der Waals surface area contributed by atoms with Gasteiger partial charge in [-0.1, -0.05) is 0 Å². The van der Waals surface area contributed by atoms with Gasteiger partial charge in [0.15, 0.2) is 5.79 Å². The highest BCUT2D eigenvalue weighted by Gasteiger charge is 2.62. The van der Waals surface area contributed by atoms with E-state index in [0.717, 1.165) is 12.1 Å². The maximum atomic E-state index is 14.1. The molecule has 1 saturated carbocycles. The molecule has 0 unspecified atom stereocenters. The van der Waals surface area contributed by atoms with E-state index in [-0.39, 0.29) is 24.0 Å². The molecule has 0 amide bonds. The fraction of sp³-hybridized carbons (Fsp3) is 0.500. The van der Waals surface area contributed by atoms with Crippen molar-refractivity contribution in [1.82, 2.24) is 0 Å². The number of benzene rings is 1. The molecule has 1 aromatic carbocycles. The Hall–Kier alpha value is -1.53. The van der Waals surface area contributed by atoms with Crippen LogP contribution >= 0.6 is 0 Å². The Labute approximate surface area is 115 Å². The average Bonchev–Trinajstić information content (AvgIpc) is 2.35. The molecule has 0 bridgehead atoms. The second kappa shape index (κ2) is 4.79. The topological polar surface area (TPSA) is 55.8 Å². The summed E-state index contributed by atoms with van der Waals surface area (Å²) >= 11 is 0. The van der Waals surface area contributed by atoms with Crippen LogP contribution in [-0.4, -0.2) is 31.1 Å². The normalized spacial score (nSPS) is 19.4. The van der Waals surface area contributed by atoms with Gasteiger partial charge in [0.05, 0.1) is 0 Å². The minimum atomic E-state index is -1.52. The van der Waals surface area contributed by atoms with E-state index >= 15 is 0 Å². The Balaban J connectivity index is 2.48. The number of carboxylic acids is 1. The Bertz CT molecular complexity index is 544. The van der Waals surface area contributed by atoms with Crippen molar-refractivity contribution in [1.29, 1.82) is 0 Å². The lowest BCUT2D eigenvalue weighted by atomic mass is 9.60. The van der Waals surface area contributed by atoms with Crippen LogP contribution < -0.4 is 0 Å². The zero-order valence-corrected chi connectivity index (χ0v) is 11.5. The quantitative estimate of drug-likeness (QED) is 0.863. The molecule has 0 heterocycles. The first-order chi connectivity index (χ1) is 9.30. The van der Waals surface area contributed by atoms with Gasteiger partial charge in [0, 0.05) is 32.6 Å². The van der Waals surface area contributed by atoms with Gasteiger partial charge in [-0.05, 0) is 24.6 Å². The van der Waals surface area contributed by atoms with Crippen molar-refractivity contribution in [2.45, 2.75) is 31.0 Å². The van der Waals surface area contributed by atoms with Crippen molar-refractivity contribution in [3.8, 4) is 0 Å². The Morgan fingerprint density at radius 3 is 2.20 bits per heavy atom. The van der Waals surface area contributed by atoms with E-state index < -0.39 is 28.8 Å². The zero-order valence-electron chi connectivity index (χ0n) is 11.5. The minimum Gasteiger partial charge on any atom is -0.481 e. The average molecular weight is 286 g/mol. The number of halogens is 2. The predicted octanol–water partition coefficient (Wildman–Crippen LogP) is 2.38. The van der Waals surface area contributed by atoms with Gasteiger partial charge in [0.1, 0.15) is 17.0 Å². The van der Waals surface area contributed by atoms with E-state index in [1.807, 2.05) is 0 Å². The highest BCUT2D eigenvalue weighted by molar-refractivity contribution is 5.83. The number of aliphatic carboxylic acids is 1. The zero-order chi connectivity index (χ0) is 15.1. The highest BCUT2D eigenvalue weighted by Crippen LogP contribution is 2.53. The van der Waals surface area contributed by atoms with Gasteiger partial charge >= 0.3 is 5.97 Å². The molecule has 6 heteroatoms. The van der Waals surface area contributed by atoms with Gasteiger partial charge in [-0.3, -0.25) is 4.79 Å². The van der Waals surface area contributed by atoms with E-state index in [1.165, 1.54) is 21.1 Å². The van der Waals surface area contributed by atoms with Crippen LogP contribution in [0.25, 0.3) is 0 Å². The minimum absolute atomic E-state index is 0.0677. The summed E-state index contributed by atoms with van der Waals surface area (Å²) in [5.74, 6) is -3.64.